The second kappa shape index (κ2) is 7.51. The third-order valence-corrected chi connectivity index (χ3v) is 3.84. The monoisotopic (exact) mass is 340 g/mol. The van der Waals surface area contributed by atoms with Gasteiger partial charge >= 0.3 is 6.18 Å². The normalized spacial score (nSPS) is 17.9. The van der Waals surface area contributed by atoms with Gasteiger partial charge in [-0.1, -0.05) is 24.3 Å². The average molecular weight is 340 g/mol. The lowest BCUT2D eigenvalue weighted by atomic mass is 10.1. The van der Waals surface area contributed by atoms with Crippen molar-refractivity contribution >= 4 is 11.8 Å². The zero-order valence-electron chi connectivity index (χ0n) is 13.1. The van der Waals surface area contributed by atoms with Crippen LogP contribution in [0.2, 0.25) is 0 Å². The number of halogens is 3. The summed E-state index contributed by atoms with van der Waals surface area (Å²) in [6.45, 7) is 3.62. The van der Waals surface area contributed by atoms with Crippen LogP contribution in [0.5, 0.6) is 0 Å². The van der Waals surface area contributed by atoms with Crippen LogP contribution in [0.1, 0.15) is 30.4 Å². The van der Waals surface area contributed by atoms with E-state index < -0.39 is 11.7 Å². The number of hydrogen-bond donors (Lipinski definition) is 1. The molecule has 2 rings (SSSR count). The molecule has 0 spiro atoms. The number of carbonyl (C=O) groups is 2. The molecular formula is C17H19F3N2O2. The number of carbonyl (C=O) groups excluding carboxylic acids is 2. The molecule has 1 aromatic carbocycles. The number of nitrogens with one attached hydrogen (secondary N) is 1. The molecule has 1 saturated heterocycles. The number of allylic oxidation sites excluding steroid dienone is 1. The molecule has 1 aromatic rings. The van der Waals surface area contributed by atoms with Crippen molar-refractivity contribution < 1.29 is 22.8 Å². The van der Waals surface area contributed by atoms with Gasteiger partial charge < -0.3 is 10.2 Å². The van der Waals surface area contributed by atoms with Gasteiger partial charge in [0, 0.05) is 25.9 Å². The highest BCUT2D eigenvalue weighted by molar-refractivity contribution is 5.82. The molecule has 0 aromatic heterocycles. The van der Waals surface area contributed by atoms with Gasteiger partial charge in [-0.05, 0) is 18.1 Å². The first-order valence-corrected chi connectivity index (χ1v) is 7.64. The van der Waals surface area contributed by atoms with Crippen LogP contribution < -0.4 is 5.32 Å². The van der Waals surface area contributed by atoms with Crippen LogP contribution in [-0.2, 0) is 22.3 Å². The highest BCUT2D eigenvalue weighted by Gasteiger charge is 2.35. The molecule has 0 bridgehead atoms. The van der Waals surface area contributed by atoms with Crippen molar-refractivity contribution in [3.8, 4) is 0 Å². The van der Waals surface area contributed by atoms with Crippen molar-refractivity contribution in [1.82, 2.24) is 10.2 Å². The van der Waals surface area contributed by atoms with Gasteiger partial charge in [-0.25, -0.2) is 0 Å². The third-order valence-electron chi connectivity index (χ3n) is 3.84. The van der Waals surface area contributed by atoms with Crippen molar-refractivity contribution in [2.75, 3.05) is 6.54 Å². The van der Waals surface area contributed by atoms with Gasteiger partial charge in [0.15, 0.2) is 0 Å². The quantitative estimate of drug-likeness (QED) is 0.810. The Labute approximate surface area is 138 Å². The van der Waals surface area contributed by atoms with Gasteiger partial charge in [0.1, 0.15) is 0 Å². The molecule has 1 aliphatic rings. The SMILES string of the molecule is C=CCCC(=O)N[C@H]1CC(=O)N(Cc2ccccc2C(F)(F)F)C1. The van der Waals surface area contributed by atoms with Gasteiger partial charge in [-0.2, -0.15) is 13.2 Å². The Kier molecular flexibility index (Phi) is 5.64. The van der Waals surface area contributed by atoms with Gasteiger partial charge in [-0.15, -0.1) is 6.58 Å². The predicted octanol–water partition coefficient (Wildman–Crippen LogP) is 2.89. The standard InChI is InChI=1S/C17H19F3N2O2/c1-2-3-8-15(23)21-13-9-16(24)22(11-13)10-12-6-4-5-7-14(12)17(18,19)20/h2,4-7,13H,1,3,8-11H2,(H,21,23)/t13-/m0/s1. The molecule has 1 N–H and O–H groups in total. The Hall–Kier alpha value is -2.31. The minimum Gasteiger partial charge on any atom is -0.351 e. The predicted molar refractivity (Wildman–Crippen MR) is 82.8 cm³/mol. The smallest absolute Gasteiger partial charge is 0.351 e. The fourth-order valence-corrected chi connectivity index (χ4v) is 2.70. The second-order valence-corrected chi connectivity index (χ2v) is 5.73. The molecular weight excluding hydrogens is 321 g/mol. The van der Waals surface area contributed by atoms with Crippen molar-refractivity contribution in [2.45, 2.75) is 38.0 Å². The zero-order valence-corrected chi connectivity index (χ0v) is 13.1. The van der Waals surface area contributed by atoms with Gasteiger partial charge in [0.2, 0.25) is 11.8 Å². The van der Waals surface area contributed by atoms with Crippen LogP contribution >= 0.6 is 0 Å². The summed E-state index contributed by atoms with van der Waals surface area (Å²) in [6.07, 6.45) is -1.91. The van der Waals surface area contributed by atoms with E-state index in [-0.39, 0.29) is 49.4 Å². The summed E-state index contributed by atoms with van der Waals surface area (Å²) in [7, 11) is 0. The summed E-state index contributed by atoms with van der Waals surface area (Å²) in [6, 6.07) is 4.84. The summed E-state index contributed by atoms with van der Waals surface area (Å²) in [5, 5.41) is 2.73. The Bertz CT molecular complexity index is 629. The molecule has 1 fully saturated rings. The van der Waals surface area contributed by atoms with E-state index >= 15 is 0 Å². The molecule has 2 amide bonds. The summed E-state index contributed by atoms with van der Waals surface area (Å²) in [4.78, 5) is 25.1. The first-order valence-electron chi connectivity index (χ1n) is 7.64. The number of amides is 2. The highest BCUT2D eigenvalue weighted by atomic mass is 19.4. The van der Waals surface area contributed by atoms with Crippen LogP contribution in [0.15, 0.2) is 36.9 Å². The first-order chi connectivity index (χ1) is 11.3. The molecule has 0 radical (unpaired) electrons. The van der Waals surface area contributed by atoms with E-state index in [0.717, 1.165) is 6.07 Å². The summed E-state index contributed by atoms with van der Waals surface area (Å²) in [5.41, 5.74) is -0.687. The molecule has 0 unspecified atom stereocenters. The number of likely N-dealkylation sites (tertiary alicyclic amines) is 1. The van der Waals surface area contributed by atoms with Crippen LogP contribution in [0.3, 0.4) is 0 Å². The highest BCUT2D eigenvalue weighted by Crippen LogP contribution is 2.32. The average Bonchev–Trinajstić information content (AvgIpc) is 2.84. The topological polar surface area (TPSA) is 49.4 Å². The summed E-state index contributed by atoms with van der Waals surface area (Å²) < 4.78 is 39.1. The van der Waals surface area contributed by atoms with Gasteiger partial charge in [0.05, 0.1) is 11.6 Å². The van der Waals surface area contributed by atoms with Crippen LogP contribution in [0.4, 0.5) is 13.2 Å². The molecule has 1 aliphatic heterocycles. The van der Waals surface area contributed by atoms with Crippen molar-refractivity contribution in [2.24, 2.45) is 0 Å². The lowest BCUT2D eigenvalue weighted by Crippen LogP contribution is -2.36. The maximum atomic E-state index is 13.0. The minimum atomic E-state index is -4.46. The molecule has 130 valence electrons. The number of nitrogens with zero attached hydrogens (tertiary/aromatic N) is 1. The Morgan fingerprint density at radius 3 is 2.75 bits per heavy atom. The minimum absolute atomic E-state index is 0.0528. The second-order valence-electron chi connectivity index (χ2n) is 5.73. The first kappa shape index (κ1) is 18.0. The van der Waals surface area contributed by atoms with E-state index in [1.54, 1.807) is 6.08 Å². The number of benzene rings is 1. The molecule has 7 heteroatoms. The molecule has 1 atom stereocenters. The van der Waals surface area contributed by atoms with Crippen molar-refractivity contribution in [3.05, 3.63) is 48.0 Å². The van der Waals surface area contributed by atoms with E-state index in [2.05, 4.69) is 11.9 Å². The van der Waals surface area contributed by atoms with E-state index in [1.165, 1.54) is 23.1 Å². The maximum Gasteiger partial charge on any atom is 0.416 e. The molecule has 1 heterocycles. The Morgan fingerprint density at radius 2 is 2.08 bits per heavy atom. The lowest BCUT2D eigenvalue weighted by molar-refractivity contribution is -0.139. The third kappa shape index (κ3) is 4.59. The van der Waals surface area contributed by atoms with Gasteiger partial charge in [0.25, 0.3) is 0 Å². The fraction of sp³-hybridized carbons (Fsp3) is 0.412. The molecule has 0 saturated carbocycles. The maximum absolute atomic E-state index is 13.0. The zero-order chi connectivity index (χ0) is 17.7. The van der Waals surface area contributed by atoms with E-state index in [9.17, 15) is 22.8 Å². The van der Waals surface area contributed by atoms with Crippen LogP contribution in [-0.4, -0.2) is 29.3 Å². The van der Waals surface area contributed by atoms with E-state index in [4.69, 9.17) is 0 Å². The largest absolute Gasteiger partial charge is 0.416 e. The van der Waals surface area contributed by atoms with Crippen LogP contribution in [0, 0.1) is 0 Å². The summed E-state index contributed by atoms with van der Waals surface area (Å²) in [5.74, 6) is -0.453. The molecule has 4 nitrogen and oxygen atoms in total. The van der Waals surface area contributed by atoms with Crippen LogP contribution in [0.25, 0.3) is 0 Å². The van der Waals surface area contributed by atoms with Crippen molar-refractivity contribution in [3.63, 3.8) is 0 Å². The number of hydrogen-bond acceptors (Lipinski definition) is 2. The van der Waals surface area contributed by atoms with E-state index in [0.29, 0.717) is 6.42 Å². The Balaban J connectivity index is 2.01. The Morgan fingerprint density at radius 1 is 1.38 bits per heavy atom. The lowest BCUT2D eigenvalue weighted by Gasteiger charge is -2.20. The van der Waals surface area contributed by atoms with Crippen molar-refractivity contribution in [1.29, 1.82) is 0 Å². The fourth-order valence-electron chi connectivity index (χ4n) is 2.70. The van der Waals surface area contributed by atoms with Gasteiger partial charge in [-0.3, -0.25) is 9.59 Å². The molecule has 0 aliphatic carbocycles. The molecule has 24 heavy (non-hydrogen) atoms. The summed E-state index contributed by atoms with van der Waals surface area (Å²) >= 11 is 0. The van der Waals surface area contributed by atoms with E-state index in [1.807, 2.05) is 0 Å². The number of alkyl halides is 3. The number of rotatable bonds is 6.